The molecule has 1 aromatic carbocycles. The molecule has 1 aliphatic rings. The number of fused-ring (bicyclic) bond motifs is 1. The smallest absolute Gasteiger partial charge is 0.266 e. The summed E-state index contributed by atoms with van der Waals surface area (Å²) in [4.78, 5) is 15.8. The van der Waals surface area contributed by atoms with E-state index in [0.717, 1.165) is 6.21 Å². The third kappa shape index (κ3) is 1.99. The minimum Gasteiger partial charge on any atom is -0.359 e. The second kappa shape index (κ2) is 4.88. The Morgan fingerprint density at radius 3 is 2.95 bits per heavy atom. The van der Waals surface area contributed by atoms with Crippen LogP contribution in [0.15, 0.2) is 33.8 Å². The topological polar surface area (TPSA) is 67.5 Å². The lowest BCUT2D eigenvalue weighted by Crippen LogP contribution is -2.12. The van der Waals surface area contributed by atoms with Crippen LogP contribution < -0.4 is 5.32 Å². The number of anilines is 1. The number of aromatic nitrogens is 1. The number of carbonyl (C=O) groups is 1. The molecule has 1 aliphatic heterocycles. The molecule has 1 unspecified atom stereocenters. The van der Waals surface area contributed by atoms with Crippen molar-refractivity contribution in [2.24, 2.45) is 4.99 Å². The highest BCUT2D eigenvalue weighted by Gasteiger charge is 2.28. The Morgan fingerprint density at radius 1 is 1.40 bits per heavy atom. The van der Waals surface area contributed by atoms with E-state index in [2.05, 4.69) is 15.5 Å². The van der Waals surface area contributed by atoms with E-state index in [0.29, 0.717) is 29.1 Å². The molecule has 0 saturated carbocycles. The van der Waals surface area contributed by atoms with Crippen LogP contribution in [-0.2, 0) is 11.2 Å². The van der Waals surface area contributed by atoms with Crippen LogP contribution >= 0.6 is 0 Å². The minimum atomic E-state index is -0.686. The Labute approximate surface area is 114 Å². The maximum atomic E-state index is 13.9. The lowest BCUT2D eigenvalue weighted by Gasteiger charge is -2.10. The van der Waals surface area contributed by atoms with Gasteiger partial charge in [0.15, 0.2) is 5.76 Å². The average molecular weight is 273 g/mol. The van der Waals surface area contributed by atoms with Crippen LogP contribution in [0.3, 0.4) is 0 Å². The van der Waals surface area contributed by atoms with Crippen molar-refractivity contribution in [3.63, 3.8) is 0 Å². The molecular weight excluding hydrogens is 261 g/mol. The number of hydrogen-bond acceptors (Lipinski definition) is 4. The number of carbonyl (C=O) groups excluding carboxylic acids is 1. The number of amides is 1. The van der Waals surface area contributed by atoms with Gasteiger partial charge in [0, 0.05) is 12.0 Å². The average Bonchev–Trinajstić information content (AvgIpc) is 2.76. The number of hydrogen-bond donors (Lipinski definition) is 1. The summed E-state index contributed by atoms with van der Waals surface area (Å²) in [6, 6.07) is 5.61. The van der Waals surface area contributed by atoms with E-state index in [1.165, 1.54) is 6.07 Å². The minimum absolute atomic E-state index is 0.359. The summed E-state index contributed by atoms with van der Waals surface area (Å²) in [5.74, 6) is -0.209. The van der Waals surface area contributed by atoms with E-state index in [9.17, 15) is 9.18 Å². The quantitative estimate of drug-likeness (QED) is 0.914. The van der Waals surface area contributed by atoms with Crippen molar-refractivity contribution < 1.29 is 13.7 Å². The first kappa shape index (κ1) is 12.5. The zero-order chi connectivity index (χ0) is 14.1. The number of aryl methyl sites for hydroxylation is 1. The van der Waals surface area contributed by atoms with E-state index in [1.54, 1.807) is 18.2 Å². The Hall–Kier alpha value is -2.50. The normalized spacial score (nSPS) is 17.5. The fraction of sp³-hybridized carbons (Fsp3) is 0.214. The molecule has 102 valence electrons. The van der Waals surface area contributed by atoms with Crippen LogP contribution in [0.5, 0.6) is 0 Å². The van der Waals surface area contributed by atoms with Crippen LogP contribution in [-0.4, -0.2) is 17.3 Å². The number of halogens is 1. The highest BCUT2D eigenvalue weighted by molar-refractivity contribution is 6.32. The first-order valence-corrected chi connectivity index (χ1v) is 6.27. The Balaban J connectivity index is 2.17. The fourth-order valence-electron chi connectivity index (χ4n) is 2.19. The fourth-order valence-corrected chi connectivity index (χ4v) is 2.19. The third-order valence-corrected chi connectivity index (χ3v) is 3.16. The van der Waals surface area contributed by atoms with Crippen molar-refractivity contribution in [1.82, 2.24) is 5.16 Å². The summed E-state index contributed by atoms with van der Waals surface area (Å²) < 4.78 is 19.2. The second-order valence-corrected chi connectivity index (χ2v) is 4.41. The van der Waals surface area contributed by atoms with Crippen molar-refractivity contribution in [3.8, 4) is 0 Å². The van der Waals surface area contributed by atoms with Gasteiger partial charge in [-0.15, -0.1) is 0 Å². The molecule has 2 aromatic rings. The number of nitrogens with zero attached hydrogens (tertiary/aromatic N) is 2. The zero-order valence-electron chi connectivity index (χ0n) is 10.8. The van der Waals surface area contributed by atoms with Gasteiger partial charge in [0.1, 0.15) is 23.2 Å². The standard InChI is InChI=1S/C14H12FN3O2/c1-2-10-13-14(18-20-10)12(16-7-11(19)17-13)8-5-3-4-6-9(8)15/h3-7,12H,2H2,1H3,(H,17,19). The van der Waals surface area contributed by atoms with Crippen molar-refractivity contribution in [3.05, 3.63) is 47.1 Å². The maximum absolute atomic E-state index is 13.9. The van der Waals surface area contributed by atoms with Gasteiger partial charge in [-0.3, -0.25) is 9.79 Å². The molecule has 1 atom stereocenters. The van der Waals surface area contributed by atoms with E-state index in [1.807, 2.05) is 6.92 Å². The molecule has 20 heavy (non-hydrogen) atoms. The highest BCUT2D eigenvalue weighted by Crippen LogP contribution is 2.35. The molecule has 3 rings (SSSR count). The predicted molar refractivity (Wildman–Crippen MR) is 71.2 cm³/mol. The molecule has 0 radical (unpaired) electrons. The largest absolute Gasteiger partial charge is 0.359 e. The maximum Gasteiger partial charge on any atom is 0.266 e. The van der Waals surface area contributed by atoms with E-state index >= 15 is 0 Å². The van der Waals surface area contributed by atoms with Crippen LogP contribution in [0.1, 0.15) is 30.0 Å². The van der Waals surface area contributed by atoms with Gasteiger partial charge < -0.3 is 9.84 Å². The van der Waals surface area contributed by atoms with Crippen molar-refractivity contribution >= 4 is 17.8 Å². The van der Waals surface area contributed by atoms with Crippen molar-refractivity contribution in [2.45, 2.75) is 19.4 Å². The second-order valence-electron chi connectivity index (χ2n) is 4.41. The third-order valence-electron chi connectivity index (χ3n) is 3.16. The molecule has 0 fully saturated rings. The van der Waals surface area contributed by atoms with Gasteiger partial charge in [0.2, 0.25) is 0 Å². The van der Waals surface area contributed by atoms with Crippen molar-refractivity contribution in [2.75, 3.05) is 5.32 Å². The lowest BCUT2D eigenvalue weighted by molar-refractivity contribution is -0.109. The van der Waals surface area contributed by atoms with Crippen molar-refractivity contribution in [1.29, 1.82) is 0 Å². The van der Waals surface area contributed by atoms with Gasteiger partial charge in [-0.2, -0.15) is 0 Å². The molecule has 0 bridgehead atoms. The number of nitrogens with one attached hydrogen (secondary N) is 1. The summed E-state index contributed by atoms with van der Waals surface area (Å²) in [5.41, 5.74) is 1.27. The number of aliphatic imine (C=N–C) groups is 1. The molecule has 5 nitrogen and oxygen atoms in total. The monoisotopic (exact) mass is 273 g/mol. The summed E-state index contributed by atoms with van der Waals surface area (Å²) in [6.07, 6.45) is 1.73. The van der Waals surface area contributed by atoms with Crippen LogP contribution in [0.2, 0.25) is 0 Å². The van der Waals surface area contributed by atoms with Gasteiger partial charge in [-0.1, -0.05) is 30.3 Å². The van der Waals surface area contributed by atoms with E-state index < -0.39 is 11.9 Å². The molecule has 0 aliphatic carbocycles. The summed E-state index contributed by atoms with van der Waals surface area (Å²) in [5, 5.41) is 6.62. The first-order chi connectivity index (χ1) is 9.70. The van der Waals surface area contributed by atoms with Crippen LogP contribution in [0.25, 0.3) is 0 Å². The van der Waals surface area contributed by atoms with E-state index in [-0.39, 0.29) is 5.91 Å². The molecule has 6 heteroatoms. The molecular formula is C14H12FN3O2. The Bertz CT molecular complexity index is 693. The van der Waals surface area contributed by atoms with Gasteiger partial charge >= 0.3 is 0 Å². The summed E-state index contributed by atoms with van der Waals surface area (Å²) in [6.45, 7) is 1.89. The molecule has 1 aromatic heterocycles. The van der Waals surface area contributed by atoms with Gasteiger partial charge in [-0.05, 0) is 6.07 Å². The lowest BCUT2D eigenvalue weighted by atomic mass is 10.0. The molecule has 1 amide bonds. The molecule has 0 spiro atoms. The van der Waals surface area contributed by atoms with Gasteiger partial charge in [0.25, 0.3) is 5.91 Å². The Kier molecular flexibility index (Phi) is 3.06. The summed E-state index contributed by atoms with van der Waals surface area (Å²) in [7, 11) is 0. The molecule has 2 heterocycles. The molecule has 0 saturated heterocycles. The SMILES string of the molecule is CCc1onc2c1NC(=O)C=NC2c1ccccc1F. The Morgan fingerprint density at radius 2 is 2.20 bits per heavy atom. The number of rotatable bonds is 2. The summed E-state index contributed by atoms with van der Waals surface area (Å²) >= 11 is 0. The van der Waals surface area contributed by atoms with Crippen LogP contribution in [0, 0.1) is 5.82 Å². The highest BCUT2D eigenvalue weighted by atomic mass is 19.1. The predicted octanol–water partition coefficient (Wildman–Crippen LogP) is 2.49. The zero-order valence-corrected chi connectivity index (χ0v) is 10.8. The van der Waals surface area contributed by atoms with E-state index in [4.69, 9.17) is 4.52 Å². The van der Waals surface area contributed by atoms with Gasteiger partial charge in [-0.25, -0.2) is 4.39 Å². The van der Waals surface area contributed by atoms with Crippen LogP contribution in [0.4, 0.5) is 10.1 Å². The number of benzene rings is 1. The first-order valence-electron chi connectivity index (χ1n) is 6.27. The van der Waals surface area contributed by atoms with Gasteiger partial charge in [0.05, 0.1) is 6.21 Å². The molecule has 1 N–H and O–H groups in total.